The number of nitrogens with two attached hydrogens (primary N) is 1. The Kier molecular flexibility index (Phi) is 7.07. The second-order valence-corrected chi connectivity index (χ2v) is 7.77. The third-order valence-corrected chi connectivity index (χ3v) is 4.85. The van der Waals surface area contributed by atoms with Crippen molar-refractivity contribution >= 4 is 21.4 Å². The third kappa shape index (κ3) is 7.04. The van der Waals surface area contributed by atoms with E-state index in [2.05, 4.69) is 4.85 Å². The highest BCUT2D eigenvalue weighted by atomic mass is 32.2. The predicted molar refractivity (Wildman–Crippen MR) is 99.3 cm³/mol. The molecule has 31 heavy (non-hydrogen) atoms. The van der Waals surface area contributed by atoms with Gasteiger partial charge in [0, 0.05) is 5.69 Å². The Morgan fingerprint density at radius 1 is 1.03 bits per heavy atom. The fourth-order valence-electron chi connectivity index (χ4n) is 2.56. The van der Waals surface area contributed by atoms with Gasteiger partial charge in [-0.2, -0.15) is 26.3 Å². The Balaban J connectivity index is 2.21. The van der Waals surface area contributed by atoms with E-state index in [1.54, 1.807) is 0 Å². The number of sulfonamides is 1. The molecule has 0 aliphatic carbocycles. The highest BCUT2D eigenvalue weighted by molar-refractivity contribution is 7.89. The number of rotatable bonds is 7. The van der Waals surface area contributed by atoms with Crippen LogP contribution in [0.2, 0.25) is 0 Å². The molecule has 0 spiro atoms. The average Bonchev–Trinajstić information content (AvgIpc) is 2.65. The van der Waals surface area contributed by atoms with Gasteiger partial charge in [-0.25, -0.2) is 18.4 Å². The van der Waals surface area contributed by atoms with Crippen LogP contribution in [0.4, 0.5) is 37.7 Å². The lowest BCUT2D eigenvalue weighted by Gasteiger charge is -2.27. The summed E-state index contributed by atoms with van der Waals surface area (Å²) < 4.78 is 106. The van der Waals surface area contributed by atoms with Crippen LogP contribution in [0.25, 0.3) is 4.85 Å². The van der Waals surface area contributed by atoms with Gasteiger partial charge in [-0.3, -0.25) is 0 Å². The van der Waals surface area contributed by atoms with Gasteiger partial charge in [-0.1, -0.05) is 6.07 Å². The number of primary sulfonamides is 1. The van der Waals surface area contributed by atoms with E-state index < -0.39 is 46.7 Å². The smallest absolute Gasteiger partial charge is 0.407 e. The fraction of sp³-hybridized carbons (Fsp3) is 0.278. The summed E-state index contributed by atoms with van der Waals surface area (Å²) in [6, 6.07) is 7.03. The molecule has 0 saturated heterocycles. The average molecular weight is 467 g/mol. The van der Waals surface area contributed by atoms with Crippen molar-refractivity contribution in [1.82, 2.24) is 0 Å². The first-order valence-corrected chi connectivity index (χ1v) is 9.91. The summed E-state index contributed by atoms with van der Waals surface area (Å²) in [6.45, 7) is 4.48. The molecule has 0 aliphatic heterocycles. The van der Waals surface area contributed by atoms with Crippen LogP contribution < -0.4 is 14.8 Å². The van der Waals surface area contributed by atoms with Gasteiger partial charge in [0.2, 0.25) is 10.0 Å². The summed E-state index contributed by atoms with van der Waals surface area (Å²) in [5, 5.41) is 4.95. The molecule has 2 aromatic carbocycles. The van der Waals surface area contributed by atoms with Crippen LogP contribution in [0.5, 0.6) is 5.75 Å². The van der Waals surface area contributed by atoms with Crippen molar-refractivity contribution in [3.05, 3.63) is 59.4 Å². The molecular formula is C18H15F6N3O3S. The zero-order valence-electron chi connectivity index (χ0n) is 15.5. The SMILES string of the molecule is [C-]#[N+]c1ccc(N(CCOc2ccc(S(N)(=O)=O)cc2)CC(F)(F)F)cc1C(F)(F)F. The minimum atomic E-state index is -4.92. The lowest BCUT2D eigenvalue weighted by atomic mass is 10.1. The molecule has 168 valence electrons. The Hall–Kier alpha value is -2.98. The van der Waals surface area contributed by atoms with Gasteiger partial charge in [-0.15, -0.1) is 0 Å². The molecule has 0 aliphatic rings. The molecule has 2 aromatic rings. The first kappa shape index (κ1) is 24.3. The summed E-state index contributed by atoms with van der Waals surface area (Å²) in [4.78, 5) is 3.20. The zero-order valence-corrected chi connectivity index (χ0v) is 16.4. The number of ether oxygens (including phenoxy) is 1. The molecule has 0 fully saturated rings. The van der Waals surface area contributed by atoms with Gasteiger partial charge in [-0.05, 0) is 36.4 Å². The maximum atomic E-state index is 13.1. The van der Waals surface area contributed by atoms with Crippen LogP contribution in [-0.2, 0) is 16.2 Å². The van der Waals surface area contributed by atoms with Gasteiger partial charge in [0.25, 0.3) is 0 Å². The van der Waals surface area contributed by atoms with E-state index in [1.807, 2.05) is 0 Å². The first-order chi connectivity index (χ1) is 14.2. The van der Waals surface area contributed by atoms with Crippen molar-refractivity contribution in [3.8, 4) is 5.75 Å². The summed E-state index contributed by atoms with van der Waals surface area (Å²) in [6.07, 6.45) is -9.63. The van der Waals surface area contributed by atoms with E-state index in [0.29, 0.717) is 11.0 Å². The van der Waals surface area contributed by atoms with E-state index in [1.165, 1.54) is 12.1 Å². The summed E-state index contributed by atoms with van der Waals surface area (Å²) in [5.41, 5.74) is -2.45. The van der Waals surface area contributed by atoms with Crippen LogP contribution >= 0.6 is 0 Å². The van der Waals surface area contributed by atoms with Crippen LogP contribution in [0, 0.1) is 6.57 Å². The van der Waals surface area contributed by atoms with Gasteiger partial charge < -0.3 is 9.64 Å². The number of hydrogen-bond donors (Lipinski definition) is 1. The van der Waals surface area contributed by atoms with Crippen molar-refractivity contribution in [1.29, 1.82) is 0 Å². The lowest BCUT2D eigenvalue weighted by molar-refractivity contribution is -0.136. The lowest BCUT2D eigenvalue weighted by Crippen LogP contribution is -2.37. The Labute approximate surface area is 173 Å². The van der Waals surface area contributed by atoms with Crippen molar-refractivity contribution < 1.29 is 39.5 Å². The monoisotopic (exact) mass is 467 g/mol. The van der Waals surface area contributed by atoms with Crippen LogP contribution in [-0.4, -0.2) is 34.3 Å². The number of halogens is 6. The summed E-state index contributed by atoms with van der Waals surface area (Å²) >= 11 is 0. The molecule has 6 nitrogen and oxygen atoms in total. The fourth-order valence-corrected chi connectivity index (χ4v) is 3.08. The van der Waals surface area contributed by atoms with Crippen molar-refractivity contribution in [2.75, 3.05) is 24.6 Å². The molecule has 0 saturated carbocycles. The maximum absolute atomic E-state index is 13.1. The highest BCUT2D eigenvalue weighted by Gasteiger charge is 2.35. The minimum absolute atomic E-state index is 0.124. The van der Waals surface area contributed by atoms with Crippen molar-refractivity contribution in [2.24, 2.45) is 5.14 Å². The molecule has 2 N–H and O–H groups in total. The summed E-state index contributed by atoms with van der Waals surface area (Å²) in [7, 11) is -3.93. The number of anilines is 1. The van der Waals surface area contributed by atoms with E-state index in [4.69, 9.17) is 16.4 Å². The number of alkyl halides is 6. The molecule has 0 unspecified atom stereocenters. The first-order valence-electron chi connectivity index (χ1n) is 8.37. The minimum Gasteiger partial charge on any atom is -0.492 e. The largest absolute Gasteiger partial charge is 0.492 e. The molecule has 0 amide bonds. The topological polar surface area (TPSA) is 77.0 Å². The van der Waals surface area contributed by atoms with Gasteiger partial charge in [0.05, 0.1) is 23.6 Å². The molecule has 0 radical (unpaired) electrons. The molecule has 2 rings (SSSR count). The normalized spacial score (nSPS) is 12.3. The molecule has 0 atom stereocenters. The Morgan fingerprint density at radius 2 is 1.65 bits per heavy atom. The predicted octanol–water partition coefficient (Wildman–Crippen LogP) is 4.35. The summed E-state index contributed by atoms with van der Waals surface area (Å²) in [5.74, 6) is 0.124. The maximum Gasteiger partial charge on any atom is 0.407 e. The molecular weight excluding hydrogens is 452 g/mol. The number of benzene rings is 2. The van der Waals surface area contributed by atoms with Gasteiger partial charge in [0.15, 0.2) is 5.69 Å². The van der Waals surface area contributed by atoms with Crippen LogP contribution in [0.1, 0.15) is 5.56 Å². The number of nitrogens with zero attached hydrogens (tertiary/aromatic N) is 2. The van der Waals surface area contributed by atoms with E-state index in [9.17, 15) is 34.8 Å². The van der Waals surface area contributed by atoms with Crippen LogP contribution in [0.3, 0.4) is 0 Å². The Morgan fingerprint density at radius 3 is 2.13 bits per heavy atom. The standard InChI is InChI=1S/C18H15F6N3O3S/c1-26-16-7-2-12(10-15(16)18(22,23)24)27(11-17(19,20)21)8-9-30-13-3-5-14(6-4-13)31(25,28)29/h2-7,10H,8-9,11H2,(H2,25,28,29). The Bertz CT molecular complexity index is 1060. The van der Waals surface area contributed by atoms with E-state index >= 15 is 0 Å². The van der Waals surface area contributed by atoms with Crippen molar-refractivity contribution in [2.45, 2.75) is 17.2 Å². The zero-order chi connectivity index (χ0) is 23.4. The second kappa shape index (κ2) is 9.03. The quantitative estimate of drug-likeness (QED) is 0.485. The van der Waals surface area contributed by atoms with Crippen LogP contribution in [0.15, 0.2) is 47.4 Å². The van der Waals surface area contributed by atoms with Gasteiger partial charge >= 0.3 is 12.4 Å². The molecule has 0 aromatic heterocycles. The third-order valence-electron chi connectivity index (χ3n) is 3.92. The van der Waals surface area contributed by atoms with Crippen molar-refractivity contribution in [3.63, 3.8) is 0 Å². The molecule has 0 heterocycles. The molecule has 0 bridgehead atoms. The highest BCUT2D eigenvalue weighted by Crippen LogP contribution is 2.39. The van der Waals surface area contributed by atoms with E-state index in [0.717, 1.165) is 24.3 Å². The molecule has 13 heteroatoms. The second-order valence-electron chi connectivity index (χ2n) is 6.21. The van der Waals surface area contributed by atoms with E-state index in [-0.39, 0.29) is 22.9 Å². The number of hydrogen-bond acceptors (Lipinski definition) is 4. The van der Waals surface area contributed by atoms with Gasteiger partial charge in [0.1, 0.15) is 18.9 Å².